The minimum absolute atomic E-state index is 0.0432. The third-order valence-corrected chi connectivity index (χ3v) is 5.03. The molecule has 0 radical (unpaired) electrons. The van der Waals surface area contributed by atoms with Crippen molar-refractivity contribution in [2.75, 3.05) is 0 Å². The smallest absolute Gasteiger partial charge is 0.307 e. The number of aryl methyl sites for hydroxylation is 2. The van der Waals surface area contributed by atoms with Crippen LogP contribution in [0.3, 0.4) is 0 Å². The number of ether oxygens (including phenoxy) is 1. The topological polar surface area (TPSA) is 72.5 Å². The fraction of sp³-hybridized carbons (Fsp3) is 0.348. The summed E-state index contributed by atoms with van der Waals surface area (Å²) < 4.78 is 18.0. The Kier molecular flexibility index (Phi) is 6.75. The maximum Gasteiger partial charge on any atom is 0.307 e. The Morgan fingerprint density at radius 1 is 1.03 bits per heavy atom. The number of ketones is 1. The van der Waals surface area contributed by atoms with Gasteiger partial charge in [0.1, 0.15) is 5.82 Å². The van der Waals surface area contributed by atoms with Crippen LogP contribution in [0.1, 0.15) is 53.2 Å². The predicted octanol–water partition coefficient (Wildman–Crippen LogP) is 3.53. The van der Waals surface area contributed by atoms with Gasteiger partial charge in [-0.05, 0) is 61.1 Å². The summed E-state index contributed by atoms with van der Waals surface area (Å²) in [6.07, 6.45) is 2.14. The van der Waals surface area contributed by atoms with Gasteiger partial charge in [-0.25, -0.2) is 4.39 Å². The number of halogens is 1. The van der Waals surface area contributed by atoms with Crippen molar-refractivity contribution in [1.82, 2.24) is 5.32 Å². The fourth-order valence-corrected chi connectivity index (χ4v) is 3.35. The molecule has 1 aliphatic rings. The van der Waals surface area contributed by atoms with Crippen molar-refractivity contribution >= 4 is 17.7 Å². The molecule has 0 saturated carbocycles. The Morgan fingerprint density at radius 2 is 1.76 bits per heavy atom. The van der Waals surface area contributed by atoms with Gasteiger partial charge in [0.05, 0.1) is 6.42 Å². The van der Waals surface area contributed by atoms with E-state index in [2.05, 4.69) is 5.32 Å². The lowest BCUT2D eigenvalue weighted by Gasteiger charge is -2.13. The monoisotopic (exact) mass is 397 g/mol. The number of amides is 1. The van der Waals surface area contributed by atoms with Crippen molar-refractivity contribution in [1.29, 1.82) is 0 Å². The summed E-state index contributed by atoms with van der Waals surface area (Å²) in [5, 5.41) is 2.63. The van der Waals surface area contributed by atoms with Crippen molar-refractivity contribution in [3.05, 3.63) is 70.5 Å². The molecule has 2 aromatic rings. The second kappa shape index (κ2) is 9.45. The first-order chi connectivity index (χ1) is 13.9. The first-order valence-corrected chi connectivity index (χ1v) is 9.79. The van der Waals surface area contributed by atoms with E-state index in [-0.39, 0.29) is 31.0 Å². The molecule has 1 amide bonds. The van der Waals surface area contributed by atoms with Crippen LogP contribution in [0.15, 0.2) is 42.5 Å². The van der Waals surface area contributed by atoms with Crippen LogP contribution in [0.4, 0.5) is 4.39 Å². The summed E-state index contributed by atoms with van der Waals surface area (Å²) in [6.45, 7) is 1.68. The molecular weight excluding hydrogens is 373 g/mol. The molecule has 0 saturated heterocycles. The molecule has 3 rings (SSSR count). The van der Waals surface area contributed by atoms with E-state index in [9.17, 15) is 18.8 Å². The van der Waals surface area contributed by atoms with Gasteiger partial charge in [-0.2, -0.15) is 0 Å². The number of carbonyl (C=O) groups is 3. The van der Waals surface area contributed by atoms with E-state index < -0.39 is 18.0 Å². The molecule has 0 aromatic heterocycles. The van der Waals surface area contributed by atoms with Gasteiger partial charge in [-0.3, -0.25) is 14.4 Å². The molecule has 0 bridgehead atoms. The first kappa shape index (κ1) is 20.7. The number of benzene rings is 2. The minimum Gasteiger partial charge on any atom is -0.453 e. The quantitative estimate of drug-likeness (QED) is 0.546. The normalized spacial score (nSPS) is 13.4. The van der Waals surface area contributed by atoms with Crippen LogP contribution in [-0.2, 0) is 33.7 Å². The molecule has 1 aliphatic carbocycles. The van der Waals surface area contributed by atoms with Gasteiger partial charge in [0.2, 0.25) is 0 Å². The van der Waals surface area contributed by atoms with Crippen LogP contribution in [0, 0.1) is 5.82 Å². The van der Waals surface area contributed by atoms with Gasteiger partial charge >= 0.3 is 5.97 Å². The zero-order valence-electron chi connectivity index (χ0n) is 16.4. The summed E-state index contributed by atoms with van der Waals surface area (Å²) in [5.74, 6) is -1.50. The fourth-order valence-electron chi connectivity index (χ4n) is 3.35. The van der Waals surface area contributed by atoms with E-state index in [0.717, 1.165) is 24.8 Å². The van der Waals surface area contributed by atoms with Crippen molar-refractivity contribution in [2.45, 2.75) is 51.7 Å². The van der Waals surface area contributed by atoms with Crippen LogP contribution in [0.5, 0.6) is 0 Å². The lowest BCUT2D eigenvalue weighted by Crippen LogP contribution is -2.35. The van der Waals surface area contributed by atoms with E-state index >= 15 is 0 Å². The van der Waals surface area contributed by atoms with Crippen LogP contribution >= 0.6 is 0 Å². The van der Waals surface area contributed by atoms with E-state index in [1.54, 1.807) is 12.1 Å². The molecule has 0 heterocycles. The lowest BCUT2D eigenvalue weighted by atomic mass is 10.0. The number of hydrogen-bond acceptors (Lipinski definition) is 4. The van der Waals surface area contributed by atoms with E-state index in [0.29, 0.717) is 5.56 Å². The summed E-state index contributed by atoms with van der Waals surface area (Å²) in [4.78, 5) is 36.4. The highest BCUT2D eigenvalue weighted by Gasteiger charge is 2.19. The number of fused-ring (bicyclic) bond motifs is 1. The summed E-state index contributed by atoms with van der Waals surface area (Å²) in [5.41, 5.74) is 3.85. The van der Waals surface area contributed by atoms with E-state index in [1.807, 2.05) is 18.2 Å². The lowest BCUT2D eigenvalue weighted by molar-refractivity contribution is -0.154. The molecule has 6 heteroatoms. The molecule has 29 heavy (non-hydrogen) atoms. The molecule has 0 fully saturated rings. The Labute approximate surface area is 169 Å². The third-order valence-electron chi connectivity index (χ3n) is 5.03. The zero-order chi connectivity index (χ0) is 20.8. The molecule has 2 aromatic carbocycles. The molecule has 0 aliphatic heterocycles. The second-order valence-corrected chi connectivity index (χ2v) is 7.24. The van der Waals surface area contributed by atoms with Crippen molar-refractivity contribution in [3.8, 4) is 0 Å². The average Bonchev–Trinajstić information content (AvgIpc) is 3.19. The van der Waals surface area contributed by atoms with Crippen molar-refractivity contribution in [3.63, 3.8) is 0 Å². The number of nitrogens with one attached hydrogen (secondary N) is 1. The summed E-state index contributed by atoms with van der Waals surface area (Å²) in [6, 6.07) is 11.5. The van der Waals surface area contributed by atoms with Gasteiger partial charge in [0, 0.05) is 18.5 Å². The molecule has 152 valence electrons. The van der Waals surface area contributed by atoms with Crippen LogP contribution in [0.2, 0.25) is 0 Å². The van der Waals surface area contributed by atoms with Gasteiger partial charge in [-0.1, -0.05) is 24.3 Å². The summed E-state index contributed by atoms with van der Waals surface area (Å²) >= 11 is 0. The Balaban J connectivity index is 1.41. The van der Waals surface area contributed by atoms with Gasteiger partial charge in [0.15, 0.2) is 11.9 Å². The first-order valence-electron chi connectivity index (χ1n) is 9.79. The van der Waals surface area contributed by atoms with Crippen molar-refractivity contribution in [2.24, 2.45) is 0 Å². The molecule has 1 atom stereocenters. The number of Topliss-reactive ketones (excluding diaryl/α,β-unsaturated/α-hetero) is 1. The Morgan fingerprint density at radius 3 is 2.52 bits per heavy atom. The van der Waals surface area contributed by atoms with Gasteiger partial charge in [-0.15, -0.1) is 0 Å². The predicted molar refractivity (Wildman–Crippen MR) is 106 cm³/mol. The number of hydrogen-bond donors (Lipinski definition) is 1. The SMILES string of the molecule is C[C@H](OC(=O)CCC(=O)c1ccc2c(c1)CCC2)C(=O)NCc1ccc(F)cc1. The standard InChI is InChI=1S/C23H24FNO4/c1-15(23(28)25-14-16-5-9-20(24)10-6-16)29-22(27)12-11-21(26)19-8-7-17-3-2-4-18(17)13-19/h5-10,13,15H,2-4,11-12,14H2,1H3,(H,25,28)/t15-/m0/s1. The molecule has 5 nitrogen and oxygen atoms in total. The van der Waals surface area contributed by atoms with Crippen molar-refractivity contribution < 1.29 is 23.5 Å². The minimum atomic E-state index is -0.974. The highest BCUT2D eigenvalue weighted by Crippen LogP contribution is 2.23. The molecule has 0 spiro atoms. The Bertz CT molecular complexity index is 908. The number of rotatable bonds is 8. The zero-order valence-corrected chi connectivity index (χ0v) is 16.4. The van der Waals surface area contributed by atoms with Crippen LogP contribution < -0.4 is 5.32 Å². The average molecular weight is 397 g/mol. The highest BCUT2D eigenvalue weighted by molar-refractivity contribution is 5.98. The summed E-state index contributed by atoms with van der Waals surface area (Å²) in [7, 11) is 0. The highest BCUT2D eigenvalue weighted by atomic mass is 19.1. The second-order valence-electron chi connectivity index (χ2n) is 7.24. The maximum absolute atomic E-state index is 12.9. The Hall–Kier alpha value is -3.02. The van der Waals surface area contributed by atoms with Gasteiger partial charge in [0.25, 0.3) is 5.91 Å². The van der Waals surface area contributed by atoms with E-state index in [1.165, 1.54) is 30.2 Å². The van der Waals surface area contributed by atoms with Crippen LogP contribution in [-0.4, -0.2) is 23.8 Å². The van der Waals surface area contributed by atoms with Crippen LogP contribution in [0.25, 0.3) is 0 Å². The van der Waals surface area contributed by atoms with Gasteiger partial charge < -0.3 is 10.1 Å². The number of esters is 1. The molecular formula is C23H24FNO4. The maximum atomic E-state index is 12.9. The largest absolute Gasteiger partial charge is 0.453 e. The molecule has 0 unspecified atom stereocenters. The van der Waals surface area contributed by atoms with E-state index in [4.69, 9.17) is 4.74 Å². The number of carbonyl (C=O) groups excluding carboxylic acids is 3. The third kappa shape index (κ3) is 5.73. The molecule has 1 N–H and O–H groups in total.